The van der Waals surface area contributed by atoms with Gasteiger partial charge in [0.1, 0.15) is 0 Å². The summed E-state index contributed by atoms with van der Waals surface area (Å²) in [5, 5.41) is 9.87. The van der Waals surface area contributed by atoms with Crippen LogP contribution in [0.3, 0.4) is 0 Å². The van der Waals surface area contributed by atoms with Crippen LogP contribution in [-0.4, -0.2) is 19.0 Å². The third-order valence-corrected chi connectivity index (χ3v) is 2.17. The summed E-state index contributed by atoms with van der Waals surface area (Å²) < 4.78 is 15.5. The lowest BCUT2D eigenvalue weighted by Gasteiger charge is -2.09. The van der Waals surface area contributed by atoms with Gasteiger partial charge in [0.05, 0.1) is 7.11 Å². The Kier molecular flexibility index (Phi) is 2.41. The van der Waals surface area contributed by atoms with Crippen LogP contribution in [0.1, 0.15) is 12.5 Å². The number of aromatic hydroxyl groups is 1. The van der Waals surface area contributed by atoms with Crippen LogP contribution in [0.5, 0.6) is 23.0 Å². The summed E-state index contributed by atoms with van der Waals surface area (Å²) in [4.78, 5) is 0. The average Bonchev–Trinajstić information content (AvgIpc) is 2.67. The first-order valence-electron chi connectivity index (χ1n) is 4.60. The van der Waals surface area contributed by atoms with Crippen molar-refractivity contribution in [3.8, 4) is 23.0 Å². The fourth-order valence-corrected chi connectivity index (χ4v) is 1.52. The topological polar surface area (TPSA) is 47.9 Å². The van der Waals surface area contributed by atoms with Crippen molar-refractivity contribution < 1.29 is 19.3 Å². The van der Waals surface area contributed by atoms with Crippen molar-refractivity contribution in [2.24, 2.45) is 0 Å². The van der Waals surface area contributed by atoms with Gasteiger partial charge in [-0.15, -0.1) is 0 Å². The first kappa shape index (κ1) is 9.71. The summed E-state index contributed by atoms with van der Waals surface area (Å²) in [6.45, 7) is 2.03. The van der Waals surface area contributed by atoms with E-state index in [2.05, 4.69) is 0 Å². The zero-order valence-corrected chi connectivity index (χ0v) is 8.61. The zero-order chi connectivity index (χ0) is 10.8. The second-order valence-electron chi connectivity index (χ2n) is 3.08. The largest absolute Gasteiger partial charge is 0.504 e. The van der Waals surface area contributed by atoms with Crippen LogP contribution < -0.4 is 14.2 Å². The molecule has 0 saturated carbocycles. The Bertz CT molecular complexity index is 410. The molecule has 0 atom stereocenters. The highest BCUT2D eigenvalue weighted by Crippen LogP contribution is 2.48. The molecule has 2 rings (SSSR count). The van der Waals surface area contributed by atoms with Crippen LogP contribution in [0.25, 0.3) is 6.08 Å². The molecule has 1 aromatic carbocycles. The molecule has 0 saturated heterocycles. The standard InChI is InChI=1S/C11H12O4/c1-3-4-7-5-8-10(15-6-14-8)11(13-2)9(7)12/h3-5,12H,6H2,1-2H3/b4-3+. The molecule has 1 aliphatic heterocycles. The smallest absolute Gasteiger partial charge is 0.231 e. The number of hydrogen-bond acceptors (Lipinski definition) is 4. The first-order chi connectivity index (χ1) is 7.27. The Balaban J connectivity index is 2.61. The van der Waals surface area contributed by atoms with Crippen molar-refractivity contribution in [1.82, 2.24) is 0 Å². The maximum Gasteiger partial charge on any atom is 0.231 e. The van der Waals surface area contributed by atoms with Gasteiger partial charge in [-0.3, -0.25) is 0 Å². The molecule has 1 heterocycles. The number of rotatable bonds is 2. The predicted octanol–water partition coefficient (Wildman–Crippen LogP) is 2.16. The fourth-order valence-electron chi connectivity index (χ4n) is 1.52. The minimum atomic E-state index is 0.0693. The summed E-state index contributed by atoms with van der Waals surface area (Å²) in [5.41, 5.74) is 0.651. The quantitative estimate of drug-likeness (QED) is 0.809. The van der Waals surface area contributed by atoms with Gasteiger partial charge in [0, 0.05) is 5.56 Å². The Morgan fingerprint density at radius 2 is 2.27 bits per heavy atom. The van der Waals surface area contributed by atoms with Crippen molar-refractivity contribution in [3.63, 3.8) is 0 Å². The van der Waals surface area contributed by atoms with Crippen molar-refractivity contribution in [2.75, 3.05) is 13.9 Å². The number of hydrogen-bond donors (Lipinski definition) is 1. The van der Waals surface area contributed by atoms with E-state index in [-0.39, 0.29) is 12.5 Å². The summed E-state index contributed by atoms with van der Waals surface area (Å²) in [5.74, 6) is 1.44. The SMILES string of the molecule is C/C=C/c1cc2c(c(OC)c1O)OCO2. The van der Waals surface area contributed by atoms with Crippen molar-refractivity contribution >= 4 is 6.08 Å². The molecule has 1 N–H and O–H groups in total. The van der Waals surface area contributed by atoms with E-state index in [1.807, 2.05) is 13.0 Å². The van der Waals surface area contributed by atoms with Crippen molar-refractivity contribution in [1.29, 1.82) is 0 Å². The number of phenolic OH excluding ortho intramolecular Hbond substituents is 1. The molecule has 0 bridgehead atoms. The van der Waals surface area contributed by atoms with E-state index in [1.54, 1.807) is 12.1 Å². The number of benzene rings is 1. The monoisotopic (exact) mass is 208 g/mol. The number of phenols is 1. The lowest BCUT2D eigenvalue weighted by molar-refractivity contribution is 0.171. The van der Waals surface area contributed by atoms with E-state index in [9.17, 15) is 5.11 Å². The van der Waals surface area contributed by atoms with Crippen LogP contribution in [0.15, 0.2) is 12.1 Å². The van der Waals surface area contributed by atoms with Gasteiger partial charge in [-0.25, -0.2) is 0 Å². The van der Waals surface area contributed by atoms with Gasteiger partial charge in [-0.1, -0.05) is 12.2 Å². The lowest BCUT2D eigenvalue weighted by atomic mass is 10.1. The van der Waals surface area contributed by atoms with E-state index >= 15 is 0 Å². The van der Waals surface area contributed by atoms with Gasteiger partial charge in [-0.2, -0.15) is 0 Å². The average molecular weight is 208 g/mol. The second-order valence-corrected chi connectivity index (χ2v) is 3.08. The van der Waals surface area contributed by atoms with Gasteiger partial charge in [0.15, 0.2) is 11.5 Å². The van der Waals surface area contributed by atoms with E-state index in [0.717, 1.165) is 0 Å². The summed E-state index contributed by atoms with van der Waals surface area (Å²) in [7, 11) is 1.48. The summed E-state index contributed by atoms with van der Waals surface area (Å²) >= 11 is 0. The van der Waals surface area contributed by atoms with Gasteiger partial charge in [0.25, 0.3) is 0 Å². The molecule has 1 aliphatic rings. The van der Waals surface area contributed by atoms with Crippen LogP contribution >= 0.6 is 0 Å². The van der Waals surface area contributed by atoms with Crippen LogP contribution in [-0.2, 0) is 0 Å². The number of methoxy groups -OCH3 is 1. The molecule has 4 nitrogen and oxygen atoms in total. The lowest BCUT2D eigenvalue weighted by Crippen LogP contribution is -1.94. The Morgan fingerprint density at radius 1 is 1.47 bits per heavy atom. The van der Waals surface area contributed by atoms with Gasteiger partial charge < -0.3 is 19.3 Å². The zero-order valence-electron chi connectivity index (χ0n) is 8.61. The van der Waals surface area contributed by atoms with Crippen molar-refractivity contribution in [3.05, 3.63) is 17.7 Å². The molecule has 0 aromatic heterocycles. The summed E-state index contributed by atoms with van der Waals surface area (Å²) in [6.07, 6.45) is 3.61. The summed E-state index contributed by atoms with van der Waals surface area (Å²) in [6, 6.07) is 1.72. The highest BCUT2D eigenvalue weighted by molar-refractivity contribution is 5.70. The van der Waals surface area contributed by atoms with E-state index < -0.39 is 0 Å². The Hall–Kier alpha value is -1.84. The normalized spacial score (nSPS) is 13.5. The molecule has 4 heteroatoms. The molecule has 0 unspecified atom stereocenters. The molecular formula is C11H12O4. The molecule has 0 radical (unpaired) electrons. The van der Waals surface area contributed by atoms with E-state index in [1.165, 1.54) is 7.11 Å². The maximum atomic E-state index is 9.87. The van der Waals surface area contributed by atoms with Gasteiger partial charge in [0.2, 0.25) is 18.3 Å². The van der Waals surface area contributed by atoms with Crippen LogP contribution in [0.4, 0.5) is 0 Å². The highest BCUT2D eigenvalue weighted by atomic mass is 16.7. The Labute approximate surface area is 87.7 Å². The molecule has 15 heavy (non-hydrogen) atoms. The minimum Gasteiger partial charge on any atom is -0.504 e. The highest BCUT2D eigenvalue weighted by Gasteiger charge is 2.24. The minimum absolute atomic E-state index is 0.0693. The third-order valence-electron chi connectivity index (χ3n) is 2.17. The molecule has 0 fully saturated rings. The second kappa shape index (κ2) is 3.73. The predicted molar refractivity (Wildman–Crippen MR) is 55.5 cm³/mol. The number of ether oxygens (including phenoxy) is 3. The number of fused-ring (bicyclic) bond motifs is 1. The van der Waals surface area contributed by atoms with Gasteiger partial charge in [-0.05, 0) is 13.0 Å². The maximum absolute atomic E-state index is 9.87. The van der Waals surface area contributed by atoms with E-state index in [0.29, 0.717) is 22.8 Å². The molecule has 0 amide bonds. The van der Waals surface area contributed by atoms with Crippen LogP contribution in [0.2, 0.25) is 0 Å². The fraction of sp³-hybridized carbons (Fsp3) is 0.273. The molecular weight excluding hydrogens is 196 g/mol. The van der Waals surface area contributed by atoms with Crippen molar-refractivity contribution in [2.45, 2.75) is 6.92 Å². The van der Waals surface area contributed by atoms with Gasteiger partial charge >= 0.3 is 0 Å². The first-order valence-corrected chi connectivity index (χ1v) is 4.60. The molecule has 80 valence electrons. The molecule has 1 aromatic rings. The molecule has 0 aliphatic carbocycles. The number of allylic oxidation sites excluding steroid dienone is 1. The van der Waals surface area contributed by atoms with Crippen LogP contribution in [0, 0.1) is 0 Å². The Morgan fingerprint density at radius 3 is 2.93 bits per heavy atom. The molecule has 0 spiro atoms. The third kappa shape index (κ3) is 1.48. The van der Waals surface area contributed by atoms with E-state index in [4.69, 9.17) is 14.2 Å².